The van der Waals surface area contributed by atoms with Gasteiger partial charge in [-0.15, -0.1) is 0 Å². The third-order valence-electron chi connectivity index (χ3n) is 1.88. The van der Waals surface area contributed by atoms with Crippen LogP contribution < -0.4 is 5.48 Å². The molecule has 0 spiro atoms. The number of morpholine rings is 1. The Labute approximate surface area is 86.9 Å². The van der Waals surface area contributed by atoms with Crippen LogP contribution in [0.2, 0.25) is 0 Å². The number of nitrogens with one attached hydrogen (secondary N) is 1. The van der Waals surface area contributed by atoms with Gasteiger partial charge in [0.15, 0.2) is 6.61 Å². The lowest BCUT2D eigenvalue weighted by atomic mass is 10.3. The van der Waals surface area contributed by atoms with Crippen molar-refractivity contribution in [3.05, 3.63) is 0 Å². The third kappa shape index (κ3) is 4.13. The summed E-state index contributed by atoms with van der Waals surface area (Å²) in [5.74, 6) is -1.13. The van der Waals surface area contributed by atoms with Crippen molar-refractivity contribution in [2.45, 2.75) is 13.0 Å². The standard InChI is InChI=1S/C8H14N2O5/c1-6-4-10(2-3-14-6)8(13)9-15-5-7(11)12/h6H,2-5H2,1H3,(H,9,13)(H,11,12). The van der Waals surface area contributed by atoms with Gasteiger partial charge in [-0.2, -0.15) is 0 Å². The predicted molar refractivity (Wildman–Crippen MR) is 49.1 cm³/mol. The summed E-state index contributed by atoms with van der Waals surface area (Å²) in [5, 5.41) is 8.27. The average Bonchev–Trinajstić information content (AvgIpc) is 2.17. The second kappa shape index (κ2) is 5.52. The molecule has 0 radical (unpaired) electrons. The fourth-order valence-corrected chi connectivity index (χ4v) is 1.23. The van der Waals surface area contributed by atoms with E-state index in [1.54, 1.807) is 0 Å². The molecule has 15 heavy (non-hydrogen) atoms. The molecule has 1 unspecified atom stereocenters. The molecular weight excluding hydrogens is 204 g/mol. The van der Waals surface area contributed by atoms with Gasteiger partial charge >= 0.3 is 12.0 Å². The summed E-state index contributed by atoms with van der Waals surface area (Å²) >= 11 is 0. The molecular formula is C8H14N2O5. The molecule has 1 atom stereocenters. The molecule has 7 heteroatoms. The highest BCUT2D eigenvalue weighted by atomic mass is 16.7. The summed E-state index contributed by atoms with van der Waals surface area (Å²) in [4.78, 5) is 27.4. The lowest BCUT2D eigenvalue weighted by molar-refractivity contribution is -0.144. The molecule has 0 saturated carbocycles. The molecule has 0 bridgehead atoms. The number of carboxylic acids is 1. The number of urea groups is 1. The number of rotatable bonds is 3. The highest BCUT2D eigenvalue weighted by Gasteiger charge is 2.21. The largest absolute Gasteiger partial charge is 0.479 e. The average molecular weight is 218 g/mol. The second-order valence-corrected chi connectivity index (χ2v) is 3.22. The van der Waals surface area contributed by atoms with Gasteiger partial charge in [-0.25, -0.2) is 15.1 Å². The summed E-state index contributed by atoms with van der Waals surface area (Å²) in [7, 11) is 0. The minimum Gasteiger partial charge on any atom is -0.479 e. The quantitative estimate of drug-likeness (QED) is 0.619. The Kier molecular flexibility index (Phi) is 4.32. The predicted octanol–water partition coefficient (Wildman–Crippen LogP) is -0.567. The van der Waals surface area contributed by atoms with Crippen LogP contribution in [0.25, 0.3) is 0 Å². The van der Waals surface area contributed by atoms with Crippen LogP contribution in [0.4, 0.5) is 4.79 Å². The number of carboxylic acid groups (broad SMARTS) is 1. The molecule has 0 aromatic carbocycles. The van der Waals surface area contributed by atoms with Gasteiger partial charge in [-0.1, -0.05) is 0 Å². The fraction of sp³-hybridized carbons (Fsp3) is 0.750. The summed E-state index contributed by atoms with van der Waals surface area (Å²) in [6, 6.07) is -0.439. The molecule has 86 valence electrons. The van der Waals surface area contributed by atoms with Crippen LogP contribution in [0, 0.1) is 0 Å². The zero-order valence-electron chi connectivity index (χ0n) is 8.43. The van der Waals surface area contributed by atoms with E-state index in [0.29, 0.717) is 19.7 Å². The molecule has 0 aliphatic carbocycles. The SMILES string of the molecule is CC1CN(C(=O)NOCC(=O)O)CCO1. The number of carbonyl (C=O) groups excluding carboxylic acids is 1. The van der Waals surface area contributed by atoms with Gasteiger partial charge in [0.1, 0.15) is 0 Å². The van der Waals surface area contributed by atoms with Gasteiger partial charge in [-0.3, -0.25) is 4.84 Å². The summed E-state index contributed by atoms with van der Waals surface area (Å²) in [5.41, 5.74) is 2.05. The first-order chi connectivity index (χ1) is 7.09. The Morgan fingerprint density at radius 1 is 1.67 bits per heavy atom. The van der Waals surface area contributed by atoms with Crippen molar-refractivity contribution in [2.75, 3.05) is 26.3 Å². The van der Waals surface area contributed by atoms with E-state index >= 15 is 0 Å². The Morgan fingerprint density at radius 2 is 2.40 bits per heavy atom. The molecule has 0 aromatic heterocycles. The van der Waals surface area contributed by atoms with E-state index in [0.717, 1.165) is 0 Å². The fourth-order valence-electron chi connectivity index (χ4n) is 1.23. The van der Waals surface area contributed by atoms with Crippen LogP contribution >= 0.6 is 0 Å². The van der Waals surface area contributed by atoms with Crippen molar-refractivity contribution < 1.29 is 24.3 Å². The van der Waals surface area contributed by atoms with Crippen LogP contribution in [0.5, 0.6) is 0 Å². The van der Waals surface area contributed by atoms with E-state index in [9.17, 15) is 9.59 Å². The number of amides is 2. The van der Waals surface area contributed by atoms with Gasteiger partial charge in [0.2, 0.25) is 0 Å². The number of hydrogen-bond acceptors (Lipinski definition) is 4. The molecule has 1 aliphatic heterocycles. The highest BCUT2D eigenvalue weighted by Crippen LogP contribution is 2.03. The van der Waals surface area contributed by atoms with Crippen molar-refractivity contribution in [3.63, 3.8) is 0 Å². The normalized spacial score (nSPS) is 21.1. The molecule has 0 aromatic rings. The smallest absolute Gasteiger partial charge is 0.341 e. The summed E-state index contributed by atoms with van der Waals surface area (Å²) in [6.45, 7) is 2.74. The van der Waals surface area contributed by atoms with Crippen molar-refractivity contribution in [1.29, 1.82) is 0 Å². The van der Waals surface area contributed by atoms with Crippen molar-refractivity contribution >= 4 is 12.0 Å². The molecule has 7 nitrogen and oxygen atoms in total. The summed E-state index contributed by atoms with van der Waals surface area (Å²) < 4.78 is 5.24. The number of hydroxylamine groups is 1. The number of carbonyl (C=O) groups is 2. The van der Waals surface area contributed by atoms with E-state index < -0.39 is 18.6 Å². The maximum atomic E-state index is 11.4. The van der Waals surface area contributed by atoms with Crippen LogP contribution in [0.15, 0.2) is 0 Å². The van der Waals surface area contributed by atoms with E-state index in [2.05, 4.69) is 10.3 Å². The molecule has 1 aliphatic rings. The van der Waals surface area contributed by atoms with Crippen LogP contribution in [0.3, 0.4) is 0 Å². The maximum absolute atomic E-state index is 11.4. The topological polar surface area (TPSA) is 88.1 Å². The van der Waals surface area contributed by atoms with Crippen molar-refractivity contribution in [2.24, 2.45) is 0 Å². The zero-order chi connectivity index (χ0) is 11.3. The van der Waals surface area contributed by atoms with Crippen LogP contribution in [-0.2, 0) is 14.4 Å². The minimum atomic E-state index is -1.13. The molecule has 2 amide bonds. The number of nitrogens with zero attached hydrogens (tertiary/aromatic N) is 1. The first kappa shape index (κ1) is 11.7. The second-order valence-electron chi connectivity index (χ2n) is 3.22. The van der Waals surface area contributed by atoms with Gasteiger partial charge in [0.25, 0.3) is 0 Å². The van der Waals surface area contributed by atoms with Crippen molar-refractivity contribution in [3.8, 4) is 0 Å². The molecule has 2 N–H and O–H groups in total. The molecule has 1 heterocycles. The van der Waals surface area contributed by atoms with E-state index in [-0.39, 0.29) is 6.10 Å². The Morgan fingerprint density at radius 3 is 3.00 bits per heavy atom. The van der Waals surface area contributed by atoms with E-state index in [4.69, 9.17) is 9.84 Å². The number of hydrogen-bond donors (Lipinski definition) is 2. The van der Waals surface area contributed by atoms with E-state index in [1.165, 1.54) is 4.90 Å². The maximum Gasteiger partial charge on any atom is 0.341 e. The van der Waals surface area contributed by atoms with Gasteiger partial charge in [0.05, 0.1) is 12.7 Å². The Hall–Kier alpha value is -1.34. The van der Waals surface area contributed by atoms with Gasteiger partial charge < -0.3 is 14.7 Å². The summed E-state index contributed by atoms with van der Waals surface area (Å²) in [6.07, 6.45) is -0.0102. The van der Waals surface area contributed by atoms with Gasteiger partial charge in [0, 0.05) is 13.1 Å². The van der Waals surface area contributed by atoms with Crippen molar-refractivity contribution in [1.82, 2.24) is 10.4 Å². The lowest BCUT2D eigenvalue weighted by Crippen LogP contribution is -2.49. The lowest BCUT2D eigenvalue weighted by Gasteiger charge is -2.30. The van der Waals surface area contributed by atoms with E-state index in [1.807, 2.05) is 6.92 Å². The first-order valence-corrected chi connectivity index (χ1v) is 4.59. The van der Waals surface area contributed by atoms with Crippen LogP contribution in [-0.4, -0.2) is 54.4 Å². The monoisotopic (exact) mass is 218 g/mol. The Bertz CT molecular complexity index is 245. The molecule has 1 fully saturated rings. The molecule has 1 rings (SSSR count). The number of ether oxygens (including phenoxy) is 1. The zero-order valence-corrected chi connectivity index (χ0v) is 8.43. The minimum absolute atomic E-state index is 0.0102. The van der Waals surface area contributed by atoms with Crippen LogP contribution in [0.1, 0.15) is 6.92 Å². The van der Waals surface area contributed by atoms with Gasteiger partial charge in [-0.05, 0) is 6.92 Å². The Balaban J connectivity index is 2.24. The molecule has 1 saturated heterocycles. The number of aliphatic carboxylic acids is 1. The highest BCUT2D eigenvalue weighted by molar-refractivity contribution is 5.73. The first-order valence-electron chi connectivity index (χ1n) is 4.59. The third-order valence-corrected chi connectivity index (χ3v) is 1.88.